The minimum atomic E-state index is -0.517. The molecule has 1 atom stereocenters. The molecule has 1 unspecified atom stereocenters. The van der Waals surface area contributed by atoms with Crippen LogP contribution in [0.1, 0.15) is 19.4 Å². The van der Waals surface area contributed by atoms with Crippen LogP contribution in [0.3, 0.4) is 0 Å². The van der Waals surface area contributed by atoms with E-state index < -0.39 is 6.10 Å². The van der Waals surface area contributed by atoms with Crippen LogP contribution in [0.15, 0.2) is 30.3 Å². The summed E-state index contributed by atoms with van der Waals surface area (Å²) >= 11 is 0. The number of hydrogen-bond acceptors (Lipinski definition) is 4. The molecule has 106 valence electrons. The molecule has 4 heteroatoms. The van der Waals surface area contributed by atoms with Gasteiger partial charge in [-0.05, 0) is 17.7 Å². The molecule has 0 aliphatic heterocycles. The maximum absolute atomic E-state index is 9.70. The predicted octanol–water partition coefficient (Wildman–Crippen LogP) is 1.43. The van der Waals surface area contributed by atoms with Crippen molar-refractivity contribution in [2.45, 2.75) is 26.0 Å². The van der Waals surface area contributed by atoms with Crippen LogP contribution in [0, 0.1) is 0 Å². The predicted molar refractivity (Wildman–Crippen MR) is 77.2 cm³/mol. The molecule has 0 bridgehead atoms. The second-order valence-corrected chi connectivity index (χ2v) is 4.68. The van der Waals surface area contributed by atoms with Crippen LogP contribution in [-0.4, -0.2) is 42.1 Å². The number of aliphatic hydroxyl groups is 2. The van der Waals surface area contributed by atoms with Gasteiger partial charge in [0.1, 0.15) is 18.5 Å². The zero-order valence-corrected chi connectivity index (χ0v) is 11.5. The molecule has 1 rings (SSSR count). The first-order valence-electron chi connectivity index (χ1n) is 6.53. The Morgan fingerprint density at radius 3 is 2.53 bits per heavy atom. The lowest BCUT2D eigenvalue weighted by Crippen LogP contribution is -2.35. The van der Waals surface area contributed by atoms with Crippen LogP contribution >= 0.6 is 0 Å². The zero-order chi connectivity index (χ0) is 14.1. The quantitative estimate of drug-likeness (QED) is 0.665. The molecule has 19 heavy (non-hydrogen) atoms. The minimum absolute atomic E-state index is 0.0350. The Hall–Kier alpha value is -1.36. The molecule has 0 saturated heterocycles. The van der Waals surface area contributed by atoms with Crippen LogP contribution < -0.4 is 10.1 Å². The fourth-order valence-electron chi connectivity index (χ4n) is 1.49. The molecule has 0 amide bonds. The molecule has 0 aliphatic carbocycles. The van der Waals surface area contributed by atoms with E-state index in [1.807, 2.05) is 44.2 Å². The largest absolute Gasteiger partial charge is 0.491 e. The first kappa shape index (κ1) is 15.7. The Labute approximate surface area is 114 Å². The van der Waals surface area contributed by atoms with Gasteiger partial charge >= 0.3 is 0 Å². The standard InChI is InChI=1S/C15H23NO3/c1-12(2)16-10-14(18)11-19-15-7-5-13(6-8-15)4-3-9-17/h3-8,12,14,16-18H,9-11H2,1-2H3/b4-3+. The first-order valence-corrected chi connectivity index (χ1v) is 6.53. The molecular weight excluding hydrogens is 242 g/mol. The molecule has 0 fully saturated rings. The van der Waals surface area contributed by atoms with Gasteiger partial charge in [-0.2, -0.15) is 0 Å². The lowest BCUT2D eigenvalue weighted by atomic mass is 10.2. The summed E-state index contributed by atoms with van der Waals surface area (Å²) in [5, 5.41) is 21.5. The number of aliphatic hydroxyl groups excluding tert-OH is 2. The SMILES string of the molecule is CC(C)NCC(O)COc1ccc(/C=C/CO)cc1. The zero-order valence-electron chi connectivity index (χ0n) is 11.5. The summed E-state index contributed by atoms with van der Waals surface area (Å²) in [6.45, 7) is 4.90. The molecule has 3 N–H and O–H groups in total. The van der Waals surface area contributed by atoms with Gasteiger partial charge in [-0.3, -0.25) is 0 Å². The van der Waals surface area contributed by atoms with E-state index in [2.05, 4.69) is 5.32 Å². The Morgan fingerprint density at radius 2 is 1.95 bits per heavy atom. The third-order valence-corrected chi connectivity index (χ3v) is 2.50. The Morgan fingerprint density at radius 1 is 1.26 bits per heavy atom. The van der Waals surface area contributed by atoms with Crippen LogP contribution in [0.4, 0.5) is 0 Å². The van der Waals surface area contributed by atoms with E-state index in [0.29, 0.717) is 12.6 Å². The van der Waals surface area contributed by atoms with Crippen LogP contribution in [0.5, 0.6) is 5.75 Å². The summed E-state index contributed by atoms with van der Waals surface area (Å²) in [6.07, 6.45) is 3.00. The summed E-state index contributed by atoms with van der Waals surface area (Å²) in [7, 11) is 0. The average Bonchev–Trinajstić information content (AvgIpc) is 2.41. The normalized spacial score (nSPS) is 13.1. The second kappa shape index (κ2) is 8.69. The van der Waals surface area contributed by atoms with Gasteiger partial charge in [0.15, 0.2) is 0 Å². The number of nitrogens with one attached hydrogen (secondary N) is 1. The molecule has 0 aliphatic rings. The van der Waals surface area contributed by atoms with Crippen molar-refractivity contribution in [3.63, 3.8) is 0 Å². The van der Waals surface area contributed by atoms with Gasteiger partial charge < -0.3 is 20.3 Å². The lowest BCUT2D eigenvalue weighted by molar-refractivity contribution is 0.104. The summed E-state index contributed by atoms with van der Waals surface area (Å²) in [5.74, 6) is 0.727. The monoisotopic (exact) mass is 265 g/mol. The van der Waals surface area contributed by atoms with E-state index >= 15 is 0 Å². The first-order chi connectivity index (χ1) is 9.11. The Balaban J connectivity index is 2.35. The van der Waals surface area contributed by atoms with E-state index in [1.165, 1.54) is 0 Å². The number of hydrogen-bond donors (Lipinski definition) is 3. The smallest absolute Gasteiger partial charge is 0.119 e. The fraction of sp³-hybridized carbons (Fsp3) is 0.467. The molecule has 0 saturated carbocycles. The summed E-state index contributed by atoms with van der Waals surface area (Å²) < 4.78 is 5.50. The summed E-state index contributed by atoms with van der Waals surface area (Å²) in [5.41, 5.74) is 1.00. The van der Waals surface area contributed by atoms with Crippen LogP contribution in [0.25, 0.3) is 6.08 Å². The van der Waals surface area contributed by atoms with Crippen molar-refractivity contribution in [1.82, 2.24) is 5.32 Å². The third-order valence-electron chi connectivity index (χ3n) is 2.50. The van der Waals surface area contributed by atoms with Gasteiger partial charge in [0.2, 0.25) is 0 Å². The minimum Gasteiger partial charge on any atom is -0.491 e. The Bertz CT molecular complexity index is 373. The van der Waals surface area contributed by atoms with Crippen molar-refractivity contribution >= 4 is 6.08 Å². The van der Waals surface area contributed by atoms with Gasteiger partial charge in [0.25, 0.3) is 0 Å². The van der Waals surface area contributed by atoms with Gasteiger partial charge in [0, 0.05) is 12.6 Å². The lowest BCUT2D eigenvalue weighted by Gasteiger charge is -2.15. The molecule has 0 heterocycles. The van der Waals surface area contributed by atoms with Gasteiger partial charge in [-0.25, -0.2) is 0 Å². The molecule has 0 spiro atoms. The van der Waals surface area contributed by atoms with Gasteiger partial charge in [-0.15, -0.1) is 0 Å². The molecule has 4 nitrogen and oxygen atoms in total. The van der Waals surface area contributed by atoms with Crippen molar-refractivity contribution in [3.05, 3.63) is 35.9 Å². The van der Waals surface area contributed by atoms with E-state index in [4.69, 9.17) is 9.84 Å². The highest BCUT2D eigenvalue weighted by Crippen LogP contribution is 2.13. The fourth-order valence-corrected chi connectivity index (χ4v) is 1.49. The van der Waals surface area contributed by atoms with Crippen molar-refractivity contribution in [2.24, 2.45) is 0 Å². The van der Waals surface area contributed by atoms with Crippen molar-refractivity contribution < 1.29 is 14.9 Å². The highest BCUT2D eigenvalue weighted by atomic mass is 16.5. The van der Waals surface area contributed by atoms with Crippen molar-refractivity contribution in [1.29, 1.82) is 0 Å². The van der Waals surface area contributed by atoms with E-state index in [9.17, 15) is 5.11 Å². The van der Waals surface area contributed by atoms with E-state index in [1.54, 1.807) is 6.08 Å². The Kier molecular flexibility index (Phi) is 7.18. The molecular formula is C15H23NO3. The maximum Gasteiger partial charge on any atom is 0.119 e. The number of rotatable bonds is 8. The van der Waals surface area contributed by atoms with Gasteiger partial charge in [0.05, 0.1) is 6.61 Å². The maximum atomic E-state index is 9.70. The number of benzene rings is 1. The second-order valence-electron chi connectivity index (χ2n) is 4.68. The molecule has 1 aromatic carbocycles. The van der Waals surface area contributed by atoms with Crippen molar-refractivity contribution in [3.8, 4) is 5.75 Å². The van der Waals surface area contributed by atoms with Crippen molar-refractivity contribution in [2.75, 3.05) is 19.8 Å². The molecule has 0 radical (unpaired) electrons. The molecule has 1 aromatic rings. The molecule has 0 aromatic heterocycles. The van der Waals surface area contributed by atoms with Crippen LogP contribution in [0.2, 0.25) is 0 Å². The average molecular weight is 265 g/mol. The topological polar surface area (TPSA) is 61.7 Å². The highest BCUT2D eigenvalue weighted by Gasteiger charge is 2.05. The number of ether oxygens (including phenoxy) is 1. The third kappa shape index (κ3) is 6.96. The van der Waals surface area contributed by atoms with Gasteiger partial charge in [-0.1, -0.05) is 38.1 Å². The summed E-state index contributed by atoms with van der Waals surface area (Å²) in [6, 6.07) is 7.85. The van der Waals surface area contributed by atoms with Crippen LogP contribution in [-0.2, 0) is 0 Å². The van der Waals surface area contributed by atoms with E-state index in [0.717, 1.165) is 11.3 Å². The summed E-state index contributed by atoms with van der Waals surface area (Å²) in [4.78, 5) is 0. The highest BCUT2D eigenvalue weighted by molar-refractivity contribution is 5.50. The van der Waals surface area contributed by atoms with E-state index in [-0.39, 0.29) is 13.2 Å².